The van der Waals surface area contributed by atoms with Gasteiger partial charge < -0.3 is 15.0 Å². The summed E-state index contributed by atoms with van der Waals surface area (Å²) in [7, 11) is 0. The summed E-state index contributed by atoms with van der Waals surface area (Å²) < 4.78 is 5.61. The summed E-state index contributed by atoms with van der Waals surface area (Å²) in [6.07, 6.45) is 2.21. The first-order chi connectivity index (χ1) is 12.6. The van der Waals surface area contributed by atoms with Crippen LogP contribution in [0.2, 0.25) is 0 Å². The summed E-state index contributed by atoms with van der Waals surface area (Å²) >= 11 is 1.65. The summed E-state index contributed by atoms with van der Waals surface area (Å²) in [6, 6.07) is 15.1. The molecule has 0 aromatic heterocycles. The highest BCUT2D eigenvalue weighted by molar-refractivity contribution is 7.98. The average molecular weight is 370 g/mol. The highest BCUT2D eigenvalue weighted by Crippen LogP contribution is 2.33. The zero-order valence-electron chi connectivity index (χ0n) is 14.9. The number of amides is 2. The monoisotopic (exact) mass is 370 g/mol. The number of nitrogens with zero attached hydrogens (tertiary/aromatic N) is 1. The van der Waals surface area contributed by atoms with Crippen molar-refractivity contribution < 1.29 is 14.3 Å². The number of para-hydroxylation sites is 2. The Bertz CT molecular complexity index is 792. The number of hydrogen-bond donors (Lipinski definition) is 1. The molecule has 2 aromatic rings. The number of thioether (sulfide) groups is 1. The van der Waals surface area contributed by atoms with Crippen molar-refractivity contribution in [3.63, 3.8) is 0 Å². The van der Waals surface area contributed by atoms with Crippen LogP contribution in [-0.2, 0) is 9.59 Å². The molecule has 1 heterocycles. The second kappa shape index (κ2) is 8.27. The lowest BCUT2D eigenvalue weighted by Gasteiger charge is -2.20. The molecule has 2 amide bonds. The first-order valence-electron chi connectivity index (χ1n) is 8.59. The molecule has 1 unspecified atom stereocenters. The molecule has 3 rings (SSSR count). The van der Waals surface area contributed by atoms with Crippen LogP contribution in [0.5, 0.6) is 5.75 Å². The van der Waals surface area contributed by atoms with Crippen LogP contribution < -0.4 is 15.0 Å². The fraction of sp³-hybridized carbons (Fsp3) is 0.300. The molecule has 0 aliphatic carbocycles. The zero-order chi connectivity index (χ0) is 18.5. The van der Waals surface area contributed by atoms with E-state index in [0.717, 1.165) is 16.3 Å². The fourth-order valence-electron chi connectivity index (χ4n) is 2.99. The number of benzene rings is 2. The van der Waals surface area contributed by atoms with Crippen molar-refractivity contribution in [2.75, 3.05) is 29.6 Å². The number of ether oxygens (including phenoxy) is 1. The van der Waals surface area contributed by atoms with Gasteiger partial charge in [-0.2, -0.15) is 0 Å². The van der Waals surface area contributed by atoms with Crippen LogP contribution in [0, 0.1) is 5.92 Å². The standard InChI is InChI=1S/C20H22N2O3S/c1-3-25-18-7-5-4-6-17(18)22-13-14(12-19(22)23)20(24)21-15-8-10-16(26-2)11-9-15/h4-11,14H,3,12-13H2,1-2H3,(H,21,24). The van der Waals surface area contributed by atoms with Crippen LogP contribution in [0.15, 0.2) is 53.4 Å². The minimum Gasteiger partial charge on any atom is -0.492 e. The van der Waals surface area contributed by atoms with E-state index in [1.807, 2.05) is 61.7 Å². The number of carbonyl (C=O) groups excluding carboxylic acids is 2. The lowest BCUT2D eigenvalue weighted by Crippen LogP contribution is -2.28. The molecular formula is C20H22N2O3S. The van der Waals surface area contributed by atoms with E-state index < -0.39 is 0 Å². The van der Waals surface area contributed by atoms with Gasteiger partial charge in [-0.1, -0.05) is 12.1 Å². The van der Waals surface area contributed by atoms with E-state index in [1.165, 1.54) is 0 Å². The third-order valence-electron chi connectivity index (χ3n) is 4.31. The van der Waals surface area contributed by atoms with E-state index in [-0.39, 0.29) is 24.2 Å². The number of rotatable bonds is 6. The van der Waals surface area contributed by atoms with Gasteiger partial charge in [-0.15, -0.1) is 11.8 Å². The Hall–Kier alpha value is -2.47. The molecule has 0 spiro atoms. The third-order valence-corrected chi connectivity index (χ3v) is 5.05. The Labute approximate surface area is 157 Å². The Morgan fingerprint density at radius 1 is 1.23 bits per heavy atom. The average Bonchev–Trinajstić information content (AvgIpc) is 3.05. The van der Waals surface area contributed by atoms with Crippen molar-refractivity contribution in [3.8, 4) is 5.75 Å². The lowest BCUT2D eigenvalue weighted by atomic mass is 10.1. The molecule has 0 radical (unpaired) electrons. The van der Waals surface area contributed by atoms with Gasteiger partial charge in [0, 0.05) is 23.5 Å². The van der Waals surface area contributed by atoms with E-state index in [2.05, 4.69) is 5.32 Å². The van der Waals surface area contributed by atoms with E-state index >= 15 is 0 Å². The Balaban J connectivity index is 1.70. The molecule has 1 aliphatic heterocycles. The highest BCUT2D eigenvalue weighted by atomic mass is 32.2. The quantitative estimate of drug-likeness (QED) is 0.786. The van der Waals surface area contributed by atoms with Gasteiger partial charge in [0.2, 0.25) is 11.8 Å². The van der Waals surface area contributed by atoms with Gasteiger partial charge in [-0.3, -0.25) is 9.59 Å². The second-order valence-electron chi connectivity index (χ2n) is 6.02. The molecule has 0 saturated carbocycles. The molecule has 5 nitrogen and oxygen atoms in total. The van der Waals surface area contributed by atoms with Crippen LogP contribution in [0.1, 0.15) is 13.3 Å². The maximum Gasteiger partial charge on any atom is 0.229 e. The second-order valence-corrected chi connectivity index (χ2v) is 6.90. The number of nitrogens with one attached hydrogen (secondary N) is 1. The first-order valence-corrected chi connectivity index (χ1v) is 9.82. The van der Waals surface area contributed by atoms with Gasteiger partial charge in [0.25, 0.3) is 0 Å². The Kier molecular flexibility index (Phi) is 5.83. The van der Waals surface area contributed by atoms with Crippen molar-refractivity contribution in [2.24, 2.45) is 5.92 Å². The SMILES string of the molecule is CCOc1ccccc1N1CC(C(=O)Nc2ccc(SC)cc2)CC1=O. The van der Waals surface area contributed by atoms with Crippen molar-refractivity contribution in [1.29, 1.82) is 0 Å². The van der Waals surface area contributed by atoms with Crippen LogP contribution >= 0.6 is 11.8 Å². The first kappa shape index (κ1) is 18.3. The topological polar surface area (TPSA) is 58.6 Å². The minimum absolute atomic E-state index is 0.0602. The molecule has 1 atom stereocenters. The molecule has 1 saturated heterocycles. The summed E-state index contributed by atoms with van der Waals surface area (Å²) in [6.45, 7) is 2.79. The fourth-order valence-corrected chi connectivity index (χ4v) is 3.40. The maximum absolute atomic E-state index is 12.6. The molecule has 1 N–H and O–H groups in total. The minimum atomic E-state index is -0.377. The third kappa shape index (κ3) is 4.02. The summed E-state index contributed by atoms with van der Waals surface area (Å²) in [4.78, 5) is 27.8. The van der Waals surface area contributed by atoms with Crippen molar-refractivity contribution in [2.45, 2.75) is 18.2 Å². The molecule has 26 heavy (non-hydrogen) atoms. The smallest absolute Gasteiger partial charge is 0.229 e. The Morgan fingerprint density at radius 3 is 2.65 bits per heavy atom. The summed E-state index contributed by atoms with van der Waals surface area (Å²) in [5, 5.41) is 2.91. The molecule has 1 fully saturated rings. The maximum atomic E-state index is 12.6. The van der Waals surface area contributed by atoms with Crippen molar-refractivity contribution in [1.82, 2.24) is 0 Å². The van der Waals surface area contributed by atoms with Crippen LogP contribution in [0.4, 0.5) is 11.4 Å². The zero-order valence-corrected chi connectivity index (χ0v) is 15.7. The molecule has 0 bridgehead atoms. The van der Waals surface area contributed by atoms with Gasteiger partial charge >= 0.3 is 0 Å². The Morgan fingerprint density at radius 2 is 1.96 bits per heavy atom. The van der Waals surface area contributed by atoms with E-state index in [4.69, 9.17) is 4.74 Å². The van der Waals surface area contributed by atoms with E-state index in [0.29, 0.717) is 18.9 Å². The van der Waals surface area contributed by atoms with Crippen LogP contribution in [0.25, 0.3) is 0 Å². The number of anilines is 2. The normalized spacial score (nSPS) is 16.6. The van der Waals surface area contributed by atoms with Crippen molar-refractivity contribution in [3.05, 3.63) is 48.5 Å². The molecule has 1 aliphatic rings. The van der Waals surface area contributed by atoms with Gasteiger partial charge in [-0.25, -0.2) is 0 Å². The molecule has 136 valence electrons. The predicted molar refractivity (Wildman–Crippen MR) is 105 cm³/mol. The largest absolute Gasteiger partial charge is 0.492 e. The molecule has 6 heteroatoms. The molecule has 2 aromatic carbocycles. The molecular weight excluding hydrogens is 348 g/mol. The lowest BCUT2D eigenvalue weighted by molar-refractivity contribution is -0.122. The highest BCUT2D eigenvalue weighted by Gasteiger charge is 2.36. The van der Waals surface area contributed by atoms with Crippen LogP contribution in [0.3, 0.4) is 0 Å². The summed E-state index contributed by atoms with van der Waals surface area (Å²) in [5.41, 5.74) is 1.47. The van der Waals surface area contributed by atoms with E-state index in [1.54, 1.807) is 16.7 Å². The van der Waals surface area contributed by atoms with Crippen molar-refractivity contribution >= 4 is 35.0 Å². The number of hydrogen-bond acceptors (Lipinski definition) is 4. The number of carbonyl (C=O) groups is 2. The van der Waals surface area contributed by atoms with E-state index in [9.17, 15) is 9.59 Å². The van der Waals surface area contributed by atoms with Crippen LogP contribution in [-0.4, -0.2) is 31.2 Å². The van der Waals surface area contributed by atoms with Gasteiger partial charge in [0.1, 0.15) is 5.75 Å². The van der Waals surface area contributed by atoms with Gasteiger partial charge in [0.05, 0.1) is 18.2 Å². The van der Waals surface area contributed by atoms with Gasteiger partial charge in [0.15, 0.2) is 0 Å². The summed E-state index contributed by atoms with van der Waals surface area (Å²) in [5.74, 6) is 0.0937. The van der Waals surface area contributed by atoms with Gasteiger partial charge in [-0.05, 0) is 49.6 Å². The predicted octanol–water partition coefficient (Wildman–Crippen LogP) is 3.80.